The minimum atomic E-state index is -0.154. The molecule has 1 aromatic heterocycles. The van der Waals surface area contributed by atoms with Crippen molar-refractivity contribution in [3.05, 3.63) is 41.6 Å². The summed E-state index contributed by atoms with van der Waals surface area (Å²) in [5.74, 6) is 0.962. The zero-order valence-electron chi connectivity index (χ0n) is 11.2. The molecule has 5 nitrogen and oxygen atoms in total. The molecule has 0 aliphatic carbocycles. The summed E-state index contributed by atoms with van der Waals surface area (Å²) in [7, 11) is 0. The average Bonchev–Trinajstić information content (AvgIpc) is 2.45. The van der Waals surface area contributed by atoms with Crippen LogP contribution in [0.15, 0.2) is 30.3 Å². The van der Waals surface area contributed by atoms with Crippen molar-refractivity contribution in [2.24, 2.45) is 0 Å². The normalized spacial score (nSPS) is 10.2. The predicted molar refractivity (Wildman–Crippen MR) is 78.2 cm³/mol. The average molecular weight is 290 g/mol. The summed E-state index contributed by atoms with van der Waals surface area (Å²) in [6.45, 7) is 3.96. The van der Waals surface area contributed by atoms with E-state index in [1.807, 2.05) is 19.1 Å². The molecule has 0 bridgehead atoms. The van der Waals surface area contributed by atoms with Crippen LogP contribution in [0.5, 0.6) is 0 Å². The first-order valence-electron chi connectivity index (χ1n) is 6.16. The lowest BCUT2D eigenvalue weighted by Gasteiger charge is -2.21. The number of nitrogens with zero attached hydrogens (tertiary/aromatic N) is 3. The summed E-state index contributed by atoms with van der Waals surface area (Å²) in [6, 6.07) is 8.85. The van der Waals surface area contributed by atoms with Gasteiger partial charge in [-0.05, 0) is 31.2 Å². The van der Waals surface area contributed by atoms with Crippen LogP contribution >= 0.6 is 11.6 Å². The Labute approximate surface area is 122 Å². The van der Waals surface area contributed by atoms with Crippen LogP contribution in [0.3, 0.4) is 0 Å². The van der Waals surface area contributed by atoms with Crippen LogP contribution in [0, 0.1) is 6.20 Å². The molecule has 0 unspecified atom stereocenters. The van der Waals surface area contributed by atoms with Gasteiger partial charge in [-0.15, -0.1) is 0 Å². The van der Waals surface area contributed by atoms with Crippen LogP contribution in [-0.4, -0.2) is 22.4 Å². The van der Waals surface area contributed by atoms with Crippen molar-refractivity contribution in [2.75, 3.05) is 11.6 Å². The minimum absolute atomic E-state index is 0.154. The van der Waals surface area contributed by atoms with Crippen LogP contribution in [0.1, 0.15) is 13.8 Å². The Hall–Kier alpha value is -2.14. The molecule has 1 aromatic carbocycles. The van der Waals surface area contributed by atoms with Gasteiger partial charge in [0.2, 0.25) is 5.91 Å². The number of hydrazine groups is 1. The van der Waals surface area contributed by atoms with Gasteiger partial charge in [0, 0.05) is 30.1 Å². The summed E-state index contributed by atoms with van der Waals surface area (Å²) in [5.41, 5.74) is 3.54. The fourth-order valence-electron chi connectivity index (χ4n) is 1.67. The molecule has 0 fully saturated rings. The van der Waals surface area contributed by atoms with E-state index in [2.05, 4.69) is 21.6 Å². The van der Waals surface area contributed by atoms with Crippen molar-refractivity contribution in [1.82, 2.24) is 15.4 Å². The number of nitrogens with one attached hydrogen (secondary N) is 1. The smallest absolute Gasteiger partial charge is 0.235 e. The van der Waals surface area contributed by atoms with Gasteiger partial charge in [0.05, 0.1) is 6.20 Å². The van der Waals surface area contributed by atoms with Gasteiger partial charge >= 0.3 is 0 Å². The lowest BCUT2D eigenvalue weighted by Crippen LogP contribution is -2.41. The van der Waals surface area contributed by atoms with Gasteiger partial charge in [-0.3, -0.25) is 15.2 Å². The van der Waals surface area contributed by atoms with E-state index < -0.39 is 0 Å². The molecule has 2 aromatic rings. The molecule has 0 aliphatic heterocycles. The minimum Gasteiger partial charge on any atom is -0.274 e. The van der Waals surface area contributed by atoms with Gasteiger partial charge in [-0.1, -0.05) is 11.6 Å². The number of hydrogen-bond donors (Lipinski definition) is 1. The third-order valence-corrected chi connectivity index (χ3v) is 2.82. The molecule has 6 heteroatoms. The SMILES string of the molecule is CCN(NC(C)=O)c1c[c]nc(-c2ccc(Cl)cc2)n1. The molecule has 1 N–H and O–H groups in total. The fourth-order valence-corrected chi connectivity index (χ4v) is 1.80. The third kappa shape index (κ3) is 3.45. The number of aromatic nitrogens is 2. The molecular formula is C14H14ClN4O. The van der Waals surface area contributed by atoms with Gasteiger partial charge in [0.15, 0.2) is 11.6 Å². The van der Waals surface area contributed by atoms with E-state index in [0.717, 1.165) is 5.56 Å². The van der Waals surface area contributed by atoms with E-state index in [0.29, 0.717) is 23.2 Å². The predicted octanol–water partition coefficient (Wildman–Crippen LogP) is 2.47. The Morgan fingerprint density at radius 1 is 1.40 bits per heavy atom. The van der Waals surface area contributed by atoms with Gasteiger partial charge in [0.1, 0.15) is 0 Å². The highest BCUT2D eigenvalue weighted by Crippen LogP contribution is 2.19. The van der Waals surface area contributed by atoms with E-state index in [9.17, 15) is 4.79 Å². The maximum Gasteiger partial charge on any atom is 0.235 e. The Morgan fingerprint density at radius 2 is 2.10 bits per heavy atom. The van der Waals surface area contributed by atoms with E-state index in [-0.39, 0.29) is 5.91 Å². The standard InChI is InChI=1S/C14H14ClN4O/c1-3-19(18-10(2)20)13-8-9-16-14(17-13)11-4-6-12(15)7-5-11/h4-8H,3H2,1-2H3,(H,18,20). The number of carbonyl (C=O) groups is 1. The van der Waals surface area contributed by atoms with E-state index in [1.54, 1.807) is 23.2 Å². The first-order chi connectivity index (χ1) is 9.60. The number of hydrogen-bond acceptors (Lipinski definition) is 4. The van der Waals surface area contributed by atoms with Crippen molar-refractivity contribution >= 4 is 23.3 Å². The highest BCUT2D eigenvalue weighted by atomic mass is 35.5. The zero-order valence-corrected chi connectivity index (χ0v) is 12.0. The van der Waals surface area contributed by atoms with Crippen molar-refractivity contribution < 1.29 is 4.79 Å². The van der Waals surface area contributed by atoms with Crippen LogP contribution in [-0.2, 0) is 4.79 Å². The lowest BCUT2D eigenvalue weighted by atomic mass is 10.2. The fraction of sp³-hybridized carbons (Fsp3) is 0.214. The molecule has 0 atom stereocenters. The zero-order chi connectivity index (χ0) is 14.5. The molecule has 2 rings (SSSR count). The molecular weight excluding hydrogens is 276 g/mol. The Morgan fingerprint density at radius 3 is 2.70 bits per heavy atom. The van der Waals surface area contributed by atoms with Crippen molar-refractivity contribution in [3.63, 3.8) is 0 Å². The van der Waals surface area contributed by atoms with Crippen LogP contribution in [0.2, 0.25) is 5.02 Å². The highest BCUT2D eigenvalue weighted by molar-refractivity contribution is 6.30. The largest absolute Gasteiger partial charge is 0.274 e. The topological polar surface area (TPSA) is 58.1 Å². The monoisotopic (exact) mass is 289 g/mol. The van der Waals surface area contributed by atoms with Gasteiger partial charge in [-0.25, -0.2) is 9.97 Å². The molecule has 0 spiro atoms. The first kappa shape index (κ1) is 14.3. The van der Waals surface area contributed by atoms with Crippen LogP contribution < -0.4 is 10.4 Å². The third-order valence-electron chi connectivity index (χ3n) is 2.57. The van der Waals surface area contributed by atoms with Crippen molar-refractivity contribution in [1.29, 1.82) is 0 Å². The molecule has 1 amide bonds. The quantitative estimate of drug-likeness (QED) is 0.879. The summed E-state index contributed by atoms with van der Waals surface area (Å²) in [4.78, 5) is 19.7. The van der Waals surface area contributed by atoms with Crippen molar-refractivity contribution in [3.8, 4) is 11.4 Å². The molecule has 103 valence electrons. The maximum atomic E-state index is 11.2. The number of halogens is 1. The van der Waals surface area contributed by atoms with E-state index in [1.165, 1.54) is 6.92 Å². The van der Waals surface area contributed by atoms with E-state index >= 15 is 0 Å². The Balaban J connectivity index is 2.31. The van der Waals surface area contributed by atoms with Crippen LogP contribution in [0.4, 0.5) is 5.82 Å². The summed E-state index contributed by atoms with van der Waals surface area (Å²) in [5, 5.41) is 2.29. The molecule has 0 saturated heterocycles. The van der Waals surface area contributed by atoms with Gasteiger partial charge in [-0.2, -0.15) is 0 Å². The Bertz CT molecular complexity index is 600. The molecule has 0 aliphatic rings. The molecule has 0 saturated carbocycles. The molecule has 20 heavy (non-hydrogen) atoms. The maximum absolute atomic E-state index is 11.2. The van der Waals surface area contributed by atoms with Crippen LogP contribution in [0.25, 0.3) is 11.4 Å². The summed E-state index contributed by atoms with van der Waals surface area (Å²) < 4.78 is 0. The Kier molecular flexibility index (Phi) is 4.53. The second kappa shape index (κ2) is 6.34. The van der Waals surface area contributed by atoms with E-state index in [4.69, 9.17) is 11.6 Å². The second-order valence-corrected chi connectivity index (χ2v) is 4.53. The molecule has 1 radical (unpaired) electrons. The number of rotatable bonds is 4. The number of anilines is 1. The second-order valence-electron chi connectivity index (χ2n) is 4.10. The number of amides is 1. The van der Waals surface area contributed by atoms with Gasteiger partial charge in [0.25, 0.3) is 0 Å². The lowest BCUT2D eigenvalue weighted by molar-refractivity contribution is -0.119. The summed E-state index contributed by atoms with van der Waals surface area (Å²) >= 11 is 5.86. The highest BCUT2D eigenvalue weighted by Gasteiger charge is 2.09. The first-order valence-corrected chi connectivity index (χ1v) is 6.53. The number of carbonyl (C=O) groups excluding carboxylic acids is 1. The molecule has 1 heterocycles. The number of benzene rings is 1. The van der Waals surface area contributed by atoms with Crippen molar-refractivity contribution in [2.45, 2.75) is 13.8 Å². The van der Waals surface area contributed by atoms with Gasteiger partial charge < -0.3 is 0 Å². The summed E-state index contributed by atoms with van der Waals surface area (Å²) in [6.07, 6.45) is 2.79.